The Morgan fingerprint density at radius 2 is 1.89 bits per heavy atom. The highest BCUT2D eigenvalue weighted by Crippen LogP contribution is 2.32. The molecule has 0 spiro atoms. The molecule has 1 fully saturated rings. The van der Waals surface area contributed by atoms with Gasteiger partial charge in [-0.25, -0.2) is 4.79 Å². The summed E-state index contributed by atoms with van der Waals surface area (Å²) in [5, 5.41) is 11.8. The molecular weight excluding hydrogens is 298 g/mol. The van der Waals surface area contributed by atoms with Gasteiger partial charge in [0, 0.05) is 22.3 Å². The molecule has 0 aliphatic heterocycles. The third-order valence-corrected chi connectivity index (χ3v) is 3.20. The fourth-order valence-electron chi connectivity index (χ4n) is 1.51. The summed E-state index contributed by atoms with van der Waals surface area (Å²) in [6.07, 6.45) is 2.86. The number of carboxylic acids is 1. The predicted octanol–water partition coefficient (Wildman–Crippen LogP) is 2.81. The number of hydrogen-bond acceptors (Lipinski definition) is 3. The van der Waals surface area contributed by atoms with Crippen LogP contribution in [0.3, 0.4) is 0 Å². The molecule has 1 aromatic rings. The van der Waals surface area contributed by atoms with Crippen LogP contribution in [0.5, 0.6) is 0 Å². The predicted molar refractivity (Wildman–Crippen MR) is 71.2 cm³/mol. The standard InChI is InChI=1S/C13H12BrNO3/c14-9-3-5-10(6-4-9)15-7-11(13(17)18)12(16)8-1-2-8/h3-8,15H,1-2H2,(H,17,18)/b11-7+. The molecule has 1 aromatic carbocycles. The summed E-state index contributed by atoms with van der Waals surface area (Å²) < 4.78 is 0.935. The van der Waals surface area contributed by atoms with Crippen molar-refractivity contribution in [3.05, 3.63) is 40.5 Å². The molecule has 2 rings (SSSR count). The number of carbonyl (C=O) groups excluding carboxylic acids is 1. The van der Waals surface area contributed by atoms with Gasteiger partial charge in [-0.05, 0) is 37.1 Å². The van der Waals surface area contributed by atoms with Crippen LogP contribution < -0.4 is 5.32 Å². The number of carbonyl (C=O) groups is 2. The van der Waals surface area contributed by atoms with Crippen molar-refractivity contribution in [2.24, 2.45) is 5.92 Å². The molecule has 2 N–H and O–H groups in total. The molecule has 0 amide bonds. The zero-order valence-corrected chi connectivity index (χ0v) is 11.1. The van der Waals surface area contributed by atoms with Crippen LogP contribution in [0.2, 0.25) is 0 Å². The Labute approximate surface area is 113 Å². The molecule has 0 heterocycles. The Morgan fingerprint density at radius 1 is 1.28 bits per heavy atom. The van der Waals surface area contributed by atoms with Crippen molar-refractivity contribution in [2.75, 3.05) is 5.32 Å². The first-order valence-corrected chi connectivity index (χ1v) is 6.37. The first kappa shape index (κ1) is 12.8. The molecule has 1 aliphatic carbocycles. The van der Waals surface area contributed by atoms with Crippen molar-refractivity contribution in [3.63, 3.8) is 0 Å². The Balaban J connectivity index is 2.10. The SMILES string of the molecule is O=C(O)/C(=C/Nc1ccc(Br)cc1)C(=O)C1CC1. The minimum Gasteiger partial charge on any atom is -0.478 e. The van der Waals surface area contributed by atoms with E-state index in [0.717, 1.165) is 23.0 Å². The van der Waals surface area contributed by atoms with E-state index in [2.05, 4.69) is 21.2 Å². The molecule has 5 heteroatoms. The summed E-state index contributed by atoms with van der Waals surface area (Å²) >= 11 is 3.31. The van der Waals surface area contributed by atoms with Crippen LogP contribution in [0.15, 0.2) is 40.5 Å². The maximum Gasteiger partial charge on any atom is 0.340 e. The number of Topliss-reactive ketones (excluding diaryl/α,β-unsaturated/α-hetero) is 1. The zero-order chi connectivity index (χ0) is 13.1. The minimum atomic E-state index is -1.18. The largest absolute Gasteiger partial charge is 0.478 e. The van der Waals surface area contributed by atoms with E-state index in [4.69, 9.17) is 5.11 Å². The summed E-state index contributed by atoms with van der Waals surface area (Å²) in [6.45, 7) is 0. The summed E-state index contributed by atoms with van der Waals surface area (Å²) in [7, 11) is 0. The number of ketones is 1. The van der Waals surface area contributed by atoms with Crippen LogP contribution in [0.25, 0.3) is 0 Å². The average Bonchev–Trinajstić information content (AvgIpc) is 3.15. The van der Waals surface area contributed by atoms with Gasteiger partial charge in [0.2, 0.25) is 0 Å². The van der Waals surface area contributed by atoms with Gasteiger partial charge in [0.05, 0.1) is 0 Å². The number of hydrogen-bond donors (Lipinski definition) is 2. The molecule has 1 saturated carbocycles. The van der Waals surface area contributed by atoms with Gasteiger partial charge >= 0.3 is 5.97 Å². The zero-order valence-electron chi connectivity index (χ0n) is 9.52. The van der Waals surface area contributed by atoms with Gasteiger partial charge in [0.15, 0.2) is 5.78 Å². The quantitative estimate of drug-likeness (QED) is 0.498. The van der Waals surface area contributed by atoms with Crippen molar-refractivity contribution in [1.82, 2.24) is 0 Å². The Hall–Kier alpha value is -1.62. The van der Waals surface area contributed by atoms with E-state index in [9.17, 15) is 9.59 Å². The molecule has 94 valence electrons. The lowest BCUT2D eigenvalue weighted by molar-refractivity contribution is -0.134. The lowest BCUT2D eigenvalue weighted by Gasteiger charge is -2.03. The molecule has 0 radical (unpaired) electrons. The van der Waals surface area contributed by atoms with E-state index in [0.29, 0.717) is 0 Å². The second kappa shape index (κ2) is 5.35. The van der Waals surface area contributed by atoms with Crippen LogP contribution in [-0.2, 0) is 9.59 Å². The van der Waals surface area contributed by atoms with E-state index < -0.39 is 5.97 Å². The van der Waals surface area contributed by atoms with Crippen molar-refractivity contribution >= 4 is 33.4 Å². The fraction of sp³-hybridized carbons (Fsp3) is 0.231. The molecule has 0 atom stereocenters. The van der Waals surface area contributed by atoms with E-state index in [1.165, 1.54) is 6.20 Å². The molecule has 18 heavy (non-hydrogen) atoms. The molecule has 1 aliphatic rings. The van der Waals surface area contributed by atoms with Gasteiger partial charge in [0.25, 0.3) is 0 Å². The Morgan fingerprint density at radius 3 is 2.39 bits per heavy atom. The number of aliphatic carboxylic acids is 1. The van der Waals surface area contributed by atoms with Crippen molar-refractivity contribution < 1.29 is 14.7 Å². The minimum absolute atomic E-state index is 0.0981. The number of halogens is 1. The van der Waals surface area contributed by atoms with Crippen molar-refractivity contribution in [1.29, 1.82) is 0 Å². The Kier molecular flexibility index (Phi) is 3.81. The van der Waals surface area contributed by atoms with Gasteiger partial charge < -0.3 is 10.4 Å². The maximum absolute atomic E-state index is 11.7. The van der Waals surface area contributed by atoms with Crippen LogP contribution in [-0.4, -0.2) is 16.9 Å². The highest BCUT2D eigenvalue weighted by molar-refractivity contribution is 9.10. The summed E-state index contributed by atoms with van der Waals surface area (Å²) in [6, 6.07) is 7.25. The van der Waals surface area contributed by atoms with Crippen molar-refractivity contribution in [2.45, 2.75) is 12.8 Å². The molecule has 4 nitrogen and oxygen atoms in total. The number of carboxylic acid groups (broad SMARTS) is 1. The summed E-state index contributed by atoms with van der Waals surface area (Å²) in [4.78, 5) is 22.7. The first-order valence-electron chi connectivity index (χ1n) is 5.57. The highest BCUT2D eigenvalue weighted by Gasteiger charge is 2.34. The lowest BCUT2D eigenvalue weighted by atomic mass is 10.1. The normalized spacial score (nSPS) is 15.3. The van der Waals surface area contributed by atoms with Gasteiger partial charge in [-0.1, -0.05) is 15.9 Å². The maximum atomic E-state index is 11.7. The van der Waals surface area contributed by atoms with Crippen LogP contribution in [0.4, 0.5) is 5.69 Å². The molecule has 0 bridgehead atoms. The van der Waals surface area contributed by atoms with Gasteiger partial charge in [-0.15, -0.1) is 0 Å². The summed E-state index contributed by atoms with van der Waals surface area (Å²) in [5.74, 6) is -1.57. The van der Waals surface area contributed by atoms with Gasteiger partial charge in [-0.2, -0.15) is 0 Å². The fourth-order valence-corrected chi connectivity index (χ4v) is 1.77. The summed E-state index contributed by atoms with van der Waals surface area (Å²) in [5.41, 5.74) is 0.556. The second-order valence-electron chi connectivity index (χ2n) is 4.15. The smallest absolute Gasteiger partial charge is 0.340 e. The monoisotopic (exact) mass is 309 g/mol. The molecule has 0 saturated heterocycles. The number of anilines is 1. The first-order chi connectivity index (χ1) is 8.58. The van der Waals surface area contributed by atoms with E-state index in [1.807, 2.05) is 12.1 Å². The van der Waals surface area contributed by atoms with Crippen LogP contribution in [0.1, 0.15) is 12.8 Å². The molecule has 0 unspecified atom stereocenters. The van der Waals surface area contributed by atoms with Gasteiger partial charge in [-0.3, -0.25) is 4.79 Å². The van der Waals surface area contributed by atoms with Crippen LogP contribution >= 0.6 is 15.9 Å². The lowest BCUT2D eigenvalue weighted by Crippen LogP contribution is -2.15. The number of benzene rings is 1. The Bertz CT molecular complexity index is 503. The second-order valence-corrected chi connectivity index (χ2v) is 5.07. The van der Waals surface area contributed by atoms with Crippen molar-refractivity contribution in [3.8, 4) is 0 Å². The highest BCUT2D eigenvalue weighted by atomic mass is 79.9. The van der Waals surface area contributed by atoms with Crippen LogP contribution in [0, 0.1) is 5.92 Å². The third-order valence-electron chi connectivity index (χ3n) is 2.67. The number of nitrogens with one attached hydrogen (secondary N) is 1. The average molecular weight is 310 g/mol. The molecule has 0 aromatic heterocycles. The molecular formula is C13H12BrNO3. The van der Waals surface area contributed by atoms with E-state index in [1.54, 1.807) is 12.1 Å². The topological polar surface area (TPSA) is 66.4 Å². The number of rotatable bonds is 5. The van der Waals surface area contributed by atoms with E-state index >= 15 is 0 Å². The van der Waals surface area contributed by atoms with E-state index in [-0.39, 0.29) is 17.3 Å². The third kappa shape index (κ3) is 3.20. The van der Waals surface area contributed by atoms with Gasteiger partial charge in [0.1, 0.15) is 5.57 Å².